The van der Waals surface area contributed by atoms with Gasteiger partial charge in [-0.2, -0.15) is 0 Å². The molecule has 168 valence electrons. The first-order chi connectivity index (χ1) is 14.2. The number of benzene rings is 1. The van der Waals surface area contributed by atoms with Crippen molar-refractivity contribution in [2.45, 2.75) is 72.0 Å². The van der Waals surface area contributed by atoms with Gasteiger partial charge in [-0.1, -0.05) is 36.8 Å². The van der Waals surface area contributed by atoms with Gasteiger partial charge in [0.1, 0.15) is 12.2 Å². The van der Waals surface area contributed by atoms with Crippen LogP contribution in [-0.2, 0) is 30.4 Å². The van der Waals surface area contributed by atoms with Crippen LogP contribution in [0.1, 0.15) is 65.4 Å². The Morgan fingerprint density at radius 1 is 0.867 bits per heavy atom. The topological polar surface area (TPSA) is 82.1 Å². The highest BCUT2D eigenvalue weighted by atomic mass is 16.6. The van der Waals surface area contributed by atoms with Crippen LogP contribution in [0.15, 0.2) is 30.3 Å². The van der Waals surface area contributed by atoms with E-state index < -0.39 is 11.7 Å². The number of rotatable bonds is 12. The minimum absolute atomic E-state index is 0.0978. The molecule has 0 unspecified atom stereocenters. The molecule has 30 heavy (non-hydrogen) atoms. The van der Waals surface area contributed by atoms with Crippen molar-refractivity contribution in [1.82, 2.24) is 4.90 Å². The van der Waals surface area contributed by atoms with Gasteiger partial charge in [-0.25, -0.2) is 4.79 Å². The standard InChI is InChI=1S/C23H35NO6/c1-5-28-20(25)14-10-7-11-16-24(17-15-21(26)30-23(2,3)4)22(27)29-18-19-12-8-6-9-13-19/h6,8-9,12-13H,5,7,10-11,14-18H2,1-4H3. The van der Waals surface area contributed by atoms with Gasteiger partial charge in [-0.3, -0.25) is 9.59 Å². The zero-order valence-electron chi connectivity index (χ0n) is 18.6. The van der Waals surface area contributed by atoms with Gasteiger partial charge in [-0.05, 0) is 46.1 Å². The van der Waals surface area contributed by atoms with E-state index in [0.717, 1.165) is 12.0 Å². The summed E-state index contributed by atoms with van der Waals surface area (Å²) in [6, 6.07) is 9.43. The van der Waals surface area contributed by atoms with E-state index in [4.69, 9.17) is 14.2 Å². The molecule has 1 aromatic carbocycles. The van der Waals surface area contributed by atoms with Crippen LogP contribution < -0.4 is 0 Å². The molecule has 0 aromatic heterocycles. The Bertz CT molecular complexity index is 653. The fourth-order valence-corrected chi connectivity index (χ4v) is 2.71. The molecule has 0 N–H and O–H groups in total. The lowest BCUT2D eigenvalue weighted by molar-refractivity contribution is -0.155. The van der Waals surface area contributed by atoms with Gasteiger partial charge in [0, 0.05) is 19.5 Å². The van der Waals surface area contributed by atoms with E-state index in [1.165, 1.54) is 4.90 Å². The maximum Gasteiger partial charge on any atom is 0.410 e. The molecule has 1 rings (SSSR count). The number of esters is 2. The smallest absolute Gasteiger partial charge is 0.410 e. The largest absolute Gasteiger partial charge is 0.466 e. The predicted molar refractivity (Wildman–Crippen MR) is 114 cm³/mol. The molecule has 0 saturated carbocycles. The monoisotopic (exact) mass is 421 g/mol. The number of nitrogens with zero attached hydrogens (tertiary/aromatic N) is 1. The Morgan fingerprint density at radius 2 is 1.57 bits per heavy atom. The fourth-order valence-electron chi connectivity index (χ4n) is 2.71. The molecule has 0 aliphatic heterocycles. The Morgan fingerprint density at radius 3 is 2.20 bits per heavy atom. The van der Waals surface area contributed by atoms with Crippen molar-refractivity contribution >= 4 is 18.0 Å². The third kappa shape index (κ3) is 12.1. The SMILES string of the molecule is CCOC(=O)CCCCCN(CCC(=O)OC(C)(C)C)C(=O)OCc1ccccc1. The molecule has 0 aliphatic carbocycles. The average molecular weight is 422 g/mol. The molecule has 1 amide bonds. The van der Waals surface area contributed by atoms with Crippen LogP contribution in [0.2, 0.25) is 0 Å². The van der Waals surface area contributed by atoms with E-state index >= 15 is 0 Å². The molecular weight excluding hydrogens is 386 g/mol. The number of unbranched alkanes of at least 4 members (excludes halogenated alkanes) is 2. The minimum Gasteiger partial charge on any atom is -0.466 e. The van der Waals surface area contributed by atoms with Crippen molar-refractivity contribution in [3.63, 3.8) is 0 Å². The van der Waals surface area contributed by atoms with Crippen LogP contribution in [0, 0.1) is 0 Å². The summed E-state index contributed by atoms with van der Waals surface area (Å²) in [6.07, 6.45) is 2.16. The fraction of sp³-hybridized carbons (Fsp3) is 0.609. The number of hydrogen-bond acceptors (Lipinski definition) is 6. The van der Waals surface area contributed by atoms with Crippen molar-refractivity contribution in [2.24, 2.45) is 0 Å². The third-order valence-electron chi connectivity index (χ3n) is 4.08. The minimum atomic E-state index is -0.567. The van der Waals surface area contributed by atoms with Crippen LogP contribution in [0.4, 0.5) is 4.79 Å². The van der Waals surface area contributed by atoms with E-state index in [-0.39, 0.29) is 31.5 Å². The molecule has 0 saturated heterocycles. The summed E-state index contributed by atoms with van der Waals surface area (Å²) in [5.74, 6) is -0.563. The summed E-state index contributed by atoms with van der Waals surface area (Å²) in [5.41, 5.74) is 0.329. The molecule has 1 aromatic rings. The van der Waals surface area contributed by atoms with Crippen molar-refractivity contribution in [3.05, 3.63) is 35.9 Å². The number of hydrogen-bond donors (Lipinski definition) is 0. The molecule has 7 nitrogen and oxygen atoms in total. The maximum absolute atomic E-state index is 12.5. The third-order valence-corrected chi connectivity index (χ3v) is 4.08. The second-order valence-corrected chi connectivity index (χ2v) is 7.98. The highest BCUT2D eigenvalue weighted by Gasteiger charge is 2.20. The van der Waals surface area contributed by atoms with Gasteiger partial charge in [0.25, 0.3) is 0 Å². The van der Waals surface area contributed by atoms with Gasteiger partial charge in [0.05, 0.1) is 13.0 Å². The molecular formula is C23H35NO6. The maximum atomic E-state index is 12.5. The van der Waals surface area contributed by atoms with Crippen LogP contribution in [-0.4, -0.2) is 48.2 Å². The zero-order valence-corrected chi connectivity index (χ0v) is 18.6. The Kier molecular flexibility index (Phi) is 11.6. The summed E-state index contributed by atoms with van der Waals surface area (Å²) < 4.78 is 15.6. The first kappa shape index (κ1) is 25.5. The Hall–Kier alpha value is -2.57. The molecule has 0 bridgehead atoms. The Labute approximate surface area is 179 Å². The highest BCUT2D eigenvalue weighted by Crippen LogP contribution is 2.11. The van der Waals surface area contributed by atoms with E-state index in [9.17, 15) is 14.4 Å². The summed E-state index contributed by atoms with van der Waals surface area (Å²) >= 11 is 0. The number of carbonyl (C=O) groups is 3. The molecule has 0 atom stereocenters. The summed E-state index contributed by atoms with van der Waals surface area (Å²) in [6.45, 7) is 8.41. The van der Waals surface area contributed by atoms with Crippen LogP contribution in [0.25, 0.3) is 0 Å². The van der Waals surface area contributed by atoms with Gasteiger partial charge < -0.3 is 19.1 Å². The summed E-state index contributed by atoms with van der Waals surface area (Å²) in [4.78, 5) is 37.5. The number of ether oxygens (including phenoxy) is 3. The van der Waals surface area contributed by atoms with E-state index in [0.29, 0.717) is 32.4 Å². The van der Waals surface area contributed by atoms with E-state index in [2.05, 4.69) is 0 Å². The molecule has 0 fully saturated rings. The highest BCUT2D eigenvalue weighted by molar-refractivity contribution is 5.72. The first-order valence-electron chi connectivity index (χ1n) is 10.5. The lowest BCUT2D eigenvalue weighted by atomic mass is 10.2. The average Bonchev–Trinajstić information content (AvgIpc) is 2.68. The van der Waals surface area contributed by atoms with Gasteiger partial charge in [0.15, 0.2) is 0 Å². The molecule has 0 aliphatic rings. The van der Waals surface area contributed by atoms with E-state index in [1.54, 1.807) is 27.7 Å². The number of carbonyl (C=O) groups excluding carboxylic acids is 3. The second-order valence-electron chi connectivity index (χ2n) is 7.98. The lowest BCUT2D eigenvalue weighted by Gasteiger charge is -2.24. The molecule has 0 spiro atoms. The lowest BCUT2D eigenvalue weighted by Crippen LogP contribution is -2.35. The Balaban J connectivity index is 2.51. The van der Waals surface area contributed by atoms with Crippen molar-refractivity contribution < 1.29 is 28.6 Å². The zero-order chi connectivity index (χ0) is 22.4. The first-order valence-corrected chi connectivity index (χ1v) is 10.5. The van der Waals surface area contributed by atoms with Gasteiger partial charge in [-0.15, -0.1) is 0 Å². The van der Waals surface area contributed by atoms with Crippen molar-refractivity contribution in [1.29, 1.82) is 0 Å². The van der Waals surface area contributed by atoms with Gasteiger partial charge >= 0.3 is 18.0 Å². The van der Waals surface area contributed by atoms with Crippen LogP contribution in [0.3, 0.4) is 0 Å². The quantitative estimate of drug-likeness (QED) is 0.281. The van der Waals surface area contributed by atoms with Gasteiger partial charge in [0.2, 0.25) is 0 Å². The molecule has 7 heteroatoms. The van der Waals surface area contributed by atoms with Crippen molar-refractivity contribution in [2.75, 3.05) is 19.7 Å². The molecule has 0 radical (unpaired) electrons. The summed E-state index contributed by atoms with van der Waals surface area (Å²) in [7, 11) is 0. The van der Waals surface area contributed by atoms with Crippen LogP contribution >= 0.6 is 0 Å². The van der Waals surface area contributed by atoms with E-state index in [1.807, 2.05) is 30.3 Å². The normalized spacial score (nSPS) is 10.9. The molecule has 0 heterocycles. The number of amides is 1. The second kappa shape index (κ2) is 13.6. The predicted octanol–water partition coefficient (Wildman–Crippen LogP) is 4.48. The van der Waals surface area contributed by atoms with Crippen molar-refractivity contribution in [3.8, 4) is 0 Å². The summed E-state index contributed by atoms with van der Waals surface area (Å²) in [5, 5.41) is 0. The van der Waals surface area contributed by atoms with Crippen LogP contribution in [0.5, 0.6) is 0 Å².